The van der Waals surface area contributed by atoms with E-state index < -0.39 is 26.0 Å². The summed E-state index contributed by atoms with van der Waals surface area (Å²) in [5.41, 5.74) is 2.83. The lowest BCUT2D eigenvalue weighted by atomic mass is 10.1. The molecular formula is C27H25N3O5S2. The molecule has 0 aliphatic carbocycles. The second-order valence-electron chi connectivity index (χ2n) is 8.40. The fourth-order valence-electron chi connectivity index (χ4n) is 3.50. The van der Waals surface area contributed by atoms with Gasteiger partial charge in [-0.15, -0.1) is 0 Å². The van der Waals surface area contributed by atoms with E-state index in [1.165, 1.54) is 36.4 Å². The first-order valence-electron chi connectivity index (χ1n) is 11.2. The summed E-state index contributed by atoms with van der Waals surface area (Å²) in [6.07, 6.45) is 0. The van der Waals surface area contributed by atoms with Crippen LogP contribution < -0.4 is 14.8 Å². The average molecular weight is 536 g/mol. The smallest absolute Gasteiger partial charge is 0.262 e. The van der Waals surface area contributed by atoms with Crippen LogP contribution in [0.15, 0.2) is 107 Å². The number of sulfonamides is 2. The maximum atomic E-state index is 12.9. The number of amides is 1. The molecule has 0 atom stereocenters. The number of benzene rings is 4. The van der Waals surface area contributed by atoms with Crippen molar-refractivity contribution >= 4 is 43.0 Å². The average Bonchev–Trinajstić information content (AvgIpc) is 2.86. The van der Waals surface area contributed by atoms with Gasteiger partial charge in [0.05, 0.1) is 9.79 Å². The van der Waals surface area contributed by atoms with Crippen LogP contribution in [0.25, 0.3) is 0 Å². The van der Waals surface area contributed by atoms with Gasteiger partial charge in [-0.25, -0.2) is 16.8 Å². The van der Waals surface area contributed by atoms with Crippen molar-refractivity contribution in [3.05, 3.63) is 114 Å². The minimum absolute atomic E-state index is 0.0207. The molecule has 0 heterocycles. The first-order valence-corrected chi connectivity index (χ1v) is 14.2. The van der Waals surface area contributed by atoms with E-state index >= 15 is 0 Å². The molecule has 0 unspecified atom stereocenters. The van der Waals surface area contributed by atoms with Gasteiger partial charge in [0.1, 0.15) is 0 Å². The molecule has 0 aliphatic rings. The summed E-state index contributed by atoms with van der Waals surface area (Å²) in [5.74, 6) is -0.537. The van der Waals surface area contributed by atoms with Crippen molar-refractivity contribution in [3.63, 3.8) is 0 Å². The Kier molecular flexibility index (Phi) is 7.33. The molecule has 190 valence electrons. The Morgan fingerprint density at radius 2 is 1.19 bits per heavy atom. The fourth-order valence-corrected chi connectivity index (χ4v) is 5.89. The Morgan fingerprint density at radius 1 is 0.622 bits per heavy atom. The predicted octanol–water partition coefficient (Wildman–Crippen LogP) is 5.16. The third-order valence-corrected chi connectivity index (χ3v) is 8.41. The summed E-state index contributed by atoms with van der Waals surface area (Å²) in [6.45, 7) is 3.55. The highest BCUT2D eigenvalue weighted by Gasteiger charge is 2.20. The van der Waals surface area contributed by atoms with E-state index in [4.69, 9.17) is 0 Å². The lowest BCUT2D eigenvalue weighted by molar-refractivity contribution is 0.102. The normalized spacial score (nSPS) is 11.5. The van der Waals surface area contributed by atoms with Crippen LogP contribution in [0.5, 0.6) is 0 Å². The summed E-state index contributed by atoms with van der Waals surface area (Å²) in [7, 11) is -7.74. The zero-order chi connectivity index (χ0) is 26.6. The number of hydrogen-bond donors (Lipinski definition) is 3. The summed E-state index contributed by atoms with van der Waals surface area (Å²) in [4.78, 5) is 12.9. The number of nitrogens with one attached hydrogen (secondary N) is 3. The van der Waals surface area contributed by atoms with Gasteiger partial charge < -0.3 is 5.32 Å². The SMILES string of the molecule is Cc1ccc(NS(=O)(=O)c2ccc(NC(=O)c3ccc(C)c(S(=O)(=O)Nc4ccccc4)c3)cc2)cc1. The zero-order valence-electron chi connectivity index (χ0n) is 20.1. The fraction of sp³-hybridized carbons (Fsp3) is 0.0741. The van der Waals surface area contributed by atoms with E-state index in [0.717, 1.165) is 5.56 Å². The van der Waals surface area contributed by atoms with Crippen LogP contribution in [0.1, 0.15) is 21.5 Å². The summed E-state index contributed by atoms with van der Waals surface area (Å²) >= 11 is 0. The largest absolute Gasteiger partial charge is 0.322 e. The van der Waals surface area contributed by atoms with Gasteiger partial charge in [-0.3, -0.25) is 14.2 Å². The van der Waals surface area contributed by atoms with Gasteiger partial charge in [0.2, 0.25) is 0 Å². The Hall–Kier alpha value is -4.15. The Morgan fingerprint density at radius 3 is 1.84 bits per heavy atom. The van der Waals surface area contributed by atoms with Crippen molar-refractivity contribution in [1.29, 1.82) is 0 Å². The molecule has 0 saturated heterocycles. The Bertz CT molecular complexity index is 1640. The molecule has 3 N–H and O–H groups in total. The summed E-state index contributed by atoms with van der Waals surface area (Å²) < 4.78 is 56.2. The van der Waals surface area contributed by atoms with Crippen LogP contribution in [-0.2, 0) is 20.0 Å². The van der Waals surface area contributed by atoms with Gasteiger partial charge >= 0.3 is 0 Å². The van der Waals surface area contributed by atoms with Gasteiger partial charge in [-0.1, -0.05) is 42.0 Å². The van der Waals surface area contributed by atoms with Gasteiger partial charge in [-0.05, 0) is 80.1 Å². The molecule has 4 aromatic rings. The van der Waals surface area contributed by atoms with Crippen LogP contribution in [0.3, 0.4) is 0 Å². The molecule has 0 saturated carbocycles. The number of anilines is 3. The molecule has 0 bridgehead atoms. The highest BCUT2D eigenvalue weighted by Crippen LogP contribution is 2.23. The first kappa shape index (κ1) is 25.9. The van der Waals surface area contributed by atoms with E-state index in [9.17, 15) is 21.6 Å². The van der Waals surface area contributed by atoms with Gasteiger partial charge in [0, 0.05) is 22.6 Å². The number of carbonyl (C=O) groups excluding carboxylic acids is 1. The maximum Gasteiger partial charge on any atom is 0.262 e. The predicted molar refractivity (Wildman–Crippen MR) is 145 cm³/mol. The molecule has 10 heteroatoms. The van der Waals surface area contributed by atoms with Crippen molar-refractivity contribution in [2.24, 2.45) is 0 Å². The number of rotatable bonds is 8. The molecule has 0 aromatic heterocycles. The number of carbonyl (C=O) groups is 1. The minimum Gasteiger partial charge on any atom is -0.322 e. The number of aryl methyl sites for hydroxylation is 2. The highest BCUT2D eigenvalue weighted by molar-refractivity contribution is 7.93. The van der Waals surface area contributed by atoms with Crippen molar-refractivity contribution in [3.8, 4) is 0 Å². The standard InChI is InChI=1S/C27H25N3O5S2/c1-19-8-12-24(13-9-19)29-36(32,33)25-16-14-22(15-17-25)28-27(31)21-11-10-20(2)26(18-21)37(34,35)30-23-6-4-3-5-7-23/h3-18,29-30H,1-2H3,(H,28,31). The third-order valence-electron chi connectivity index (χ3n) is 5.49. The van der Waals surface area contributed by atoms with E-state index in [2.05, 4.69) is 14.8 Å². The van der Waals surface area contributed by atoms with Crippen LogP contribution in [-0.4, -0.2) is 22.7 Å². The molecule has 1 amide bonds. The second kappa shape index (κ2) is 10.5. The highest BCUT2D eigenvalue weighted by atomic mass is 32.2. The number of para-hydroxylation sites is 1. The summed E-state index contributed by atoms with van der Waals surface area (Å²) in [6, 6.07) is 25.5. The minimum atomic E-state index is -3.93. The van der Waals surface area contributed by atoms with Crippen molar-refractivity contribution < 1.29 is 21.6 Å². The van der Waals surface area contributed by atoms with Crippen LogP contribution in [0.2, 0.25) is 0 Å². The monoisotopic (exact) mass is 535 g/mol. The lowest BCUT2D eigenvalue weighted by Crippen LogP contribution is -2.17. The van der Waals surface area contributed by atoms with E-state index in [-0.39, 0.29) is 15.4 Å². The molecule has 4 aromatic carbocycles. The van der Waals surface area contributed by atoms with Crippen LogP contribution in [0, 0.1) is 13.8 Å². The zero-order valence-corrected chi connectivity index (χ0v) is 21.7. The molecule has 37 heavy (non-hydrogen) atoms. The van der Waals surface area contributed by atoms with Gasteiger partial charge in [-0.2, -0.15) is 0 Å². The maximum absolute atomic E-state index is 12.9. The third kappa shape index (κ3) is 6.35. The van der Waals surface area contributed by atoms with Crippen molar-refractivity contribution in [2.45, 2.75) is 23.6 Å². The van der Waals surface area contributed by atoms with E-state index in [1.54, 1.807) is 67.6 Å². The quantitative estimate of drug-likeness (QED) is 0.288. The summed E-state index contributed by atoms with van der Waals surface area (Å²) in [5, 5.41) is 2.67. The Labute approximate surface area is 216 Å². The molecular weight excluding hydrogens is 510 g/mol. The van der Waals surface area contributed by atoms with Crippen LogP contribution in [0.4, 0.5) is 17.1 Å². The van der Waals surface area contributed by atoms with E-state index in [1.807, 2.05) is 6.92 Å². The number of hydrogen-bond acceptors (Lipinski definition) is 5. The molecule has 0 aliphatic heterocycles. The molecule has 8 nitrogen and oxygen atoms in total. The topological polar surface area (TPSA) is 121 Å². The van der Waals surface area contributed by atoms with Gasteiger partial charge in [0.15, 0.2) is 0 Å². The van der Waals surface area contributed by atoms with Crippen LogP contribution >= 0.6 is 0 Å². The lowest BCUT2D eigenvalue weighted by Gasteiger charge is -2.13. The van der Waals surface area contributed by atoms with E-state index in [0.29, 0.717) is 22.6 Å². The second-order valence-corrected chi connectivity index (χ2v) is 11.7. The Balaban J connectivity index is 1.49. The molecule has 0 radical (unpaired) electrons. The first-order chi connectivity index (χ1) is 17.5. The molecule has 4 rings (SSSR count). The van der Waals surface area contributed by atoms with Crippen molar-refractivity contribution in [1.82, 2.24) is 0 Å². The van der Waals surface area contributed by atoms with Crippen molar-refractivity contribution in [2.75, 3.05) is 14.8 Å². The molecule has 0 spiro atoms. The molecule has 0 fully saturated rings. The van der Waals surface area contributed by atoms with Gasteiger partial charge in [0.25, 0.3) is 26.0 Å².